The van der Waals surface area contributed by atoms with Crippen LogP contribution in [0.5, 0.6) is 0 Å². The van der Waals surface area contributed by atoms with E-state index in [1.165, 1.54) is 116 Å². The minimum absolute atomic E-state index is 0.293. The van der Waals surface area contributed by atoms with Crippen molar-refractivity contribution in [3.8, 4) is 0 Å². The van der Waals surface area contributed by atoms with E-state index >= 15 is 0 Å². The summed E-state index contributed by atoms with van der Waals surface area (Å²) in [4.78, 5) is 11.8. The maximum Gasteiger partial charge on any atom is 0.220 e. The van der Waals surface area contributed by atoms with Crippen LogP contribution in [-0.4, -0.2) is 11.9 Å². The molecule has 1 aliphatic carbocycles. The zero-order valence-electron chi connectivity index (χ0n) is 17.1. The number of hydrogen-bond donors (Lipinski definition) is 1. The monoisotopic (exact) mass is 351 g/mol. The van der Waals surface area contributed by atoms with Crippen LogP contribution >= 0.6 is 0 Å². The molecule has 1 N–H and O–H groups in total. The van der Waals surface area contributed by atoms with Crippen molar-refractivity contribution >= 4 is 5.91 Å². The van der Waals surface area contributed by atoms with Gasteiger partial charge in [-0.05, 0) is 19.3 Å². The summed E-state index contributed by atoms with van der Waals surface area (Å²) in [5.41, 5.74) is 0. The summed E-state index contributed by atoms with van der Waals surface area (Å²) in [7, 11) is 0. The smallest absolute Gasteiger partial charge is 0.220 e. The summed E-state index contributed by atoms with van der Waals surface area (Å²) in [6.07, 6.45) is 26.4. The van der Waals surface area contributed by atoms with Crippen LogP contribution in [-0.2, 0) is 4.79 Å². The third-order valence-corrected chi connectivity index (χ3v) is 5.73. The molecule has 148 valence electrons. The summed E-state index contributed by atoms with van der Waals surface area (Å²) in [6, 6.07) is 0.490. The van der Waals surface area contributed by atoms with E-state index in [0.29, 0.717) is 11.9 Å². The van der Waals surface area contributed by atoms with Gasteiger partial charge in [-0.25, -0.2) is 0 Å². The van der Waals surface area contributed by atoms with E-state index < -0.39 is 0 Å². The van der Waals surface area contributed by atoms with Gasteiger partial charge in [-0.3, -0.25) is 4.79 Å². The van der Waals surface area contributed by atoms with Crippen LogP contribution in [0.15, 0.2) is 0 Å². The molecule has 1 amide bonds. The van der Waals surface area contributed by atoms with Crippen molar-refractivity contribution < 1.29 is 4.79 Å². The van der Waals surface area contributed by atoms with Gasteiger partial charge in [0.1, 0.15) is 0 Å². The molecule has 0 saturated heterocycles. The Balaban J connectivity index is 1.71. The first-order valence-corrected chi connectivity index (χ1v) is 11.6. The summed E-state index contributed by atoms with van der Waals surface area (Å²) < 4.78 is 0. The molecule has 1 fully saturated rings. The predicted molar refractivity (Wildman–Crippen MR) is 110 cm³/mol. The molecule has 0 spiro atoms. The Kier molecular flexibility index (Phi) is 15.2. The molecule has 0 aromatic rings. The number of rotatable bonds is 17. The quantitative estimate of drug-likeness (QED) is 0.273. The Bertz CT molecular complexity index is 296. The molecule has 0 radical (unpaired) electrons. The molecule has 25 heavy (non-hydrogen) atoms. The first kappa shape index (κ1) is 22.5. The highest BCUT2D eigenvalue weighted by molar-refractivity contribution is 5.76. The molecule has 1 rings (SSSR count). The lowest BCUT2D eigenvalue weighted by atomic mass is 10.0. The van der Waals surface area contributed by atoms with E-state index in [-0.39, 0.29) is 0 Å². The Morgan fingerprint density at radius 2 is 1.08 bits per heavy atom. The standard InChI is InChI=1S/C23H45NO/c1-2-3-4-5-6-7-8-9-10-11-12-13-14-15-16-21-23(25)24-22-19-17-18-20-22/h22H,2-21H2,1H3,(H,24,25). The van der Waals surface area contributed by atoms with Crippen LogP contribution < -0.4 is 5.32 Å². The first-order chi connectivity index (χ1) is 12.3. The normalized spacial score (nSPS) is 14.9. The van der Waals surface area contributed by atoms with E-state index in [1.54, 1.807) is 0 Å². The number of nitrogens with one attached hydrogen (secondary N) is 1. The van der Waals surface area contributed by atoms with Crippen molar-refractivity contribution in [1.82, 2.24) is 5.32 Å². The van der Waals surface area contributed by atoms with Crippen molar-refractivity contribution in [3.63, 3.8) is 0 Å². The molecule has 0 unspecified atom stereocenters. The number of carbonyl (C=O) groups is 1. The van der Waals surface area contributed by atoms with E-state index in [1.807, 2.05) is 0 Å². The van der Waals surface area contributed by atoms with Gasteiger partial charge in [0.15, 0.2) is 0 Å². The molecule has 1 saturated carbocycles. The highest BCUT2D eigenvalue weighted by Crippen LogP contribution is 2.18. The topological polar surface area (TPSA) is 29.1 Å². The van der Waals surface area contributed by atoms with Crippen molar-refractivity contribution in [2.45, 2.75) is 141 Å². The zero-order valence-corrected chi connectivity index (χ0v) is 17.1. The first-order valence-electron chi connectivity index (χ1n) is 11.6. The molecule has 2 nitrogen and oxygen atoms in total. The largest absolute Gasteiger partial charge is 0.353 e. The molecular formula is C23H45NO. The van der Waals surface area contributed by atoms with Gasteiger partial charge in [-0.2, -0.15) is 0 Å². The summed E-state index contributed by atoms with van der Waals surface area (Å²) >= 11 is 0. The molecule has 2 heteroatoms. The summed E-state index contributed by atoms with van der Waals surface area (Å²) in [6.45, 7) is 2.29. The third-order valence-electron chi connectivity index (χ3n) is 5.73. The summed E-state index contributed by atoms with van der Waals surface area (Å²) in [5, 5.41) is 3.19. The van der Waals surface area contributed by atoms with E-state index in [9.17, 15) is 4.79 Å². The minimum Gasteiger partial charge on any atom is -0.353 e. The van der Waals surface area contributed by atoms with Crippen LogP contribution in [0.3, 0.4) is 0 Å². The van der Waals surface area contributed by atoms with Crippen LogP contribution in [0.2, 0.25) is 0 Å². The Morgan fingerprint density at radius 3 is 1.52 bits per heavy atom. The molecule has 0 bridgehead atoms. The van der Waals surface area contributed by atoms with Gasteiger partial charge in [0, 0.05) is 12.5 Å². The average Bonchev–Trinajstić information content (AvgIpc) is 3.11. The molecular weight excluding hydrogens is 306 g/mol. The fourth-order valence-corrected chi connectivity index (χ4v) is 4.03. The van der Waals surface area contributed by atoms with Gasteiger partial charge in [-0.15, -0.1) is 0 Å². The Morgan fingerprint density at radius 1 is 0.680 bits per heavy atom. The van der Waals surface area contributed by atoms with Crippen molar-refractivity contribution in [2.75, 3.05) is 0 Å². The molecule has 0 aromatic heterocycles. The highest BCUT2D eigenvalue weighted by atomic mass is 16.1. The van der Waals surface area contributed by atoms with E-state index in [4.69, 9.17) is 0 Å². The van der Waals surface area contributed by atoms with Gasteiger partial charge >= 0.3 is 0 Å². The fourth-order valence-electron chi connectivity index (χ4n) is 4.03. The number of unbranched alkanes of at least 4 members (excludes halogenated alkanes) is 14. The highest BCUT2D eigenvalue weighted by Gasteiger charge is 2.16. The number of hydrogen-bond acceptors (Lipinski definition) is 1. The van der Waals surface area contributed by atoms with Gasteiger partial charge in [0.2, 0.25) is 5.91 Å². The van der Waals surface area contributed by atoms with Gasteiger partial charge in [-0.1, -0.05) is 110 Å². The Labute approximate surface area is 157 Å². The molecule has 1 aliphatic rings. The SMILES string of the molecule is CCCCCCCCCCCCCCCCCC(=O)NC1CCCC1. The lowest BCUT2D eigenvalue weighted by molar-refractivity contribution is -0.121. The van der Waals surface area contributed by atoms with Crippen LogP contribution in [0.25, 0.3) is 0 Å². The third kappa shape index (κ3) is 14.3. The van der Waals surface area contributed by atoms with Crippen LogP contribution in [0.4, 0.5) is 0 Å². The zero-order chi connectivity index (χ0) is 18.0. The van der Waals surface area contributed by atoms with E-state index in [0.717, 1.165) is 12.8 Å². The maximum absolute atomic E-state index is 11.8. The number of carbonyl (C=O) groups excluding carboxylic acids is 1. The lowest BCUT2D eigenvalue weighted by Gasteiger charge is -2.11. The second-order valence-electron chi connectivity index (χ2n) is 8.25. The van der Waals surface area contributed by atoms with Crippen molar-refractivity contribution in [2.24, 2.45) is 0 Å². The second kappa shape index (κ2) is 16.9. The van der Waals surface area contributed by atoms with Crippen LogP contribution in [0, 0.1) is 0 Å². The maximum atomic E-state index is 11.8. The van der Waals surface area contributed by atoms with Gasteiger partial charge in [0.25, 0.3) is 0 Å². The van der Waals surface area contributed by atoms with Crippen molar-refractivity contribution in [1.29, 1.82) is 0 Å². The average molecular weight is 352 g/mol. The fraction of sp³-hybridized carbons (Fsp3) is 0.957. The van der Waals surface area contributed by atoms with Crippen LogP contribution in [0.1, 0.15) is 135 Å². The number of amides is 1. The molecule has 0 atom stereocenters. The van der Waals surface area contributed by atoms with Crippen molar-refractivity contribution in [3.05, 3.63) is 0 Å². The molecule has 0 heterocycles. The lowest BCUT2D eigenvalue weighted by Crippen LogP contribution is -2.32. The van der Waals surface area contributed by atoms with Gasteiger partial charge in [0.05, 0.1) is 0 Å². The van der Waals surface area contributed by atoms with E-state index in [2.05, 4.69) is 12.2 Å². The second-order valence-corrected chi connectivity index (χ2v) is 8.25. The Hall–Kier alpha value is -0.530. The summed E-state index contributed by atoms with van der Waals surface area (Å²) in [5.74, 6) is 0.293. The molecule has 0 aromatic carbocycles. The minimum atomic E-state index is 0.293. The van der Waals surface area contributed by atoms with Gasteiger partial charge < -0.3 is 5.32 Å². The predicted octanol–water partition coefficient (Wildman–Crippen LogP) is 7.31. The molecule has 0 aliphatic heterocycles.